The number of aromatic nitrogens is 3. The highest BCUT2D eigenvalue weighted by Crippen LogP contribution is 2.42. The second-order valence-electron chi connectivity index (χ2n) is 10.9. The zero-order chi connectivity index (χ0) is 26.8. The van der Waals surface area contributed by atoms with E-state index >= 15 is 0 Å². The van der Waals surface area contributed by atoms with Crippen LogP contribution in [0.2, 0.25) is 0 Å². The van der Waals surface area contributed by atoms with Crippen LogP contribution in [0.4, 0.5) is 0 Å². The number of para-hydroxylation sites is 5. The van der Waals surface area contributed by atoms with Crippen LogP contribution in [0.25, 0.3) is 82.0 Å². The minimum Gasteiger partial charge on any atom is -0.309 e. The first-order chi connectivity index (χ1) is 20.3. The van der Waals surface area contributed by atoms with Gasteiger partial charge in [-0.2, -0.15) is 0 Å². The molecular formula is C37H21N3O. The molecule has 4 heteroatoms. The molecule has 4 aromatic heterocycles. The standard InChI is InChI=1S/C37H21N3O/c41-37-34-24(20-21-32-33(34)27-13-5-7-15-29(27)38(32)22-10-2-1-3-11-22)26-19-18-25-23-12-4-6-14-28(23)39-30-16-8-9-17-31(30)40(37)36(26)35(25)39/h1-21H. The van der Waals surface area contributed by atoms with Crippen LogP contribution in [0.3, 0.4) is 0 Å². The summed E-state index contributed by atoms with van der Waals surface area (Å²) >= 11 is 0. The third-order valence-electron chi connectivity index (χ3n) is 8.96. The number of fused-ring (bicyclic) bond motifs is 12. The third-order valence-corrected chi connectivity index (χ3v) is 8.96. The van der Waals surface area contributed by atoms with Crippen molar-refractivity contribution in [3.05, 3.63) is 138 Å². The number of benzene rings is 6. The molecule has 41 heavy (non-hydrogen) atoms. The average molecular weight is 524 g/mol. The van der Waals surface area contributed by atoms with Crippen LogP contribution in [0, 0.1) is 0 Å². The Morgan fingerprint density at radius 1 is 0.366 bits per heavy atom. The van der Waals surface area contributed by atoms with Crippen molar-refractivity contribution in [2.24, 2.45) is 0 Å². The Bertz CT molecular complexity index is 2760. The molecule has 0 amide bonds. The fourth-order valence-corrected chi connectivity index (χ4v) is 7.38. The smallest absolute Gasteiger partial charge is 0.264 e. The largest absolute Gasteiger partial charge is 0.309 e. The van der Waals surface area contributed by atoms with Gasteiger partial charge in [-0.25, -0.2) is 0 Å². The third kappa shape index (κ3) is 2.45. The second kappa shape index (κ2) is 7.32. The Hall–Kier alpha value is -5.61. The summed E-state index contributed by atoms with van der Waals surface area (Å²) in [7, 11) is 0. The van der Waals surface area contributed by atoms with Crippen LogP contribution in [-0.2, 0) is 0 Å². The summed E-state index contributed by atoms with van der Waals surface area (Å²) in [6.07, 6.45) is 0. The summed E-state index contributed by atoms with van der Waals surface area (Å²) in [4.78, 5) is 15.0. The highest BCUT2D eigenvalue weighted by molar-refractivity contribution is 6.28. The van der Waals surface area contributed by atoms with Crippen molar-refractivity contribution < 1.29 is 0 Å². The maximum Gasteiger partial charge on any atom is 0.264 e. The molecule has 0 spiro atoms. The molecule has 4 heterocycles. The number of nitrogens with zero attached hydrogens (tertiary/aromatic N) is 3. The molecule has 0 saturated heterocycles. The van der Waals surface area contributed by atoms with Gasteiger partial charge in [0.15, 0.2) is 0 Å². The van der Waals surface area contributed by atoms with Crippen molar-refractivity contribution in [1.29, 1.82) is 0 Å². The van der Waals surface area contributed by atoms with E-state index in [1.54, 1.807) is 0 Å². The monoisotopic (exact) mass is 523 g/mol. The van der Waals surface area contributed by atoms with Gasteiger partial charge >= 0.3 is 0 Å². The molecule has 10 rings (SSSR count). The molecular weight excluding hydrogens is 502 g/mol. The molecule has 0 unspecified atom stereocenters. The summed E-state index contributed by atoms with van der Waals surface area (Å²) in [6.45, 7) is 0. The van der Waals surface area contributed by atoms with Crippen molar-refractivity contribution in [2.45, 2.75) is 0 Å². The van der Waals surface area contributed by atoms with Crippen LogP contribution in [0.1, 0.15) is 0 Å². The quantitative estimate of drug-likeness (QED) is 0.156. The lowest BCUT2D eigenvalue weighted by atomic mass is 9.99. The topological polar surface area (TPSA) is 30.8 Å². The lowest BCUT2D eigenvalue weighted by Gasteiger charge is -2.16. The zero-order valence-corrected chi connectivity index (χ0v) is 21.9. The molecule has 0 fully saturated rings. The lowest BCUT2D eigenvalue weighted by Crippen LogP contribution is -2.17. The molecule has 10 aromatic rings. The normalized spacial score (nSPS) is 12.5. The van der Waals surface area contributed by atoms with Crippen LogP contribution in [0.5, 0.6) is 0 Å². The molecule has 4 nitrogen and oxygen atoms in total. The summed E-state index contributed by atoms with van der Waals surface area (Å²) in [6, 6.07) is 44.4. The second-order valence-corrected chi connectivity index (χ2v) is 10.9. The van der Waals surface area contributed by atoms with Gasteiger partial charge in [-0.05, 0) is 47.9 Å². The van der Waals surface area contributed by atoms with Crippen molar-refractivity contribution >= 4 is 76.3 Å². The summed E-state index contributed by atoms with van der Waals surface area (Å²) in [5.41, 5.74) is 8.39. The van der Waals surface area contributed by atoms with Crippen LogP contribution in [0.15, 0.2) is 132 Å². The van der Waals surface area contributed by atoms with E-state index < -0.39 is 0 Å². The molecule has 0 radical (unpaired) electrons. The minimum atomic E-state index is 0.0190. The first kappa shape index (κ1) is 21.2. The lowest BCUT2D eigenvalue weighted by molar-refractivity contribution is 1.16. The molecule has 0 atom stereocenters. The van der Waals surface area contributed by atoms with Gasteiger partial charge in [0.25, 0.3) is 5.56 Å². The Morgan fingerprint density at radius 2 is 0.927 bits per heavy atom. The predicted octanol–water partition coefficient (Wildman–Crippen LogP) is 8.70. The Morgan fingerprint density at radius 3 is 1.71 bits per heavy atom. The zero-order valence-electron chi connectivity index (χ0n) is 21.9. The van der Waals surface area contributed by atoms with Gasteiger partial charge in [-0.15, -0.1) is 0 Å². The average Bonchev–Trinajstić information content (AvgIpc) is 3.55. The van der Waals surface area contributed by atoms with E-state index in [9.17, 15) is 4.79 Å². The Kier molecular flexibility index (Phi) is 3.79. The summed E-state index contributed by atoms with van der Waals surface area (Å²) in [5.74, 6) is 0. The van der Waals surface area contributed by atoms with Crippen molar-refractivity contribution in [1.82, 2.24) is 13.4 Å². The summed E-state index contributed by atoms with van der Waals surface area (Å²) in [5, 5.41) is 7.28. The molecule has 6 aromatic carbocycles. The predicted molar refractivity (Wildman–Crippen MR) is 170 cm³/mol. The SMILES string of the molecule is O=c1c2c(ccc3c2c2ccccc2n3-c2ccccc2)c2ccc3c4ccccc4n4c5ccccc5n1c2c34. The molecule has 0 aliphatic carbocycles. The molecule has 190 valence electrons. The van der Waals surface area contributed by atoms with Crippen molar-refractivity contribution in [3.63, 3.8) is 0 Å². The molecule has 0 saturated carbocycles. The van der Waals surface area contributed by atoms with Gasteiger partial charge in [-0.1, -0.05) is 84.9 Å². The number of rotatable bonds is 1. The minimum absolute atomic E-state index is 0.0190. The fourth-order valence-electron chi connectivity index (χ4n) is 7.38. The van der Waals surface area contributed by atoms with E-state index in [1.807, 2.05) is 16.5 Å². The fraction of sp³-hybridized carbons (Fsp3) is 0. The first-order valence-electron chi connectivity index (χ1n) is 13.9. The van der Waals surface area contributed by atoms with E-state index in [0.717, 1.165) is 76.6 Å². The Labute approximate surface area is 232 Å². The van der Waals surface area contributed by atoms with Crippen LogP contribution < -0.4 is 5.56 Å². The first-order valence-corrected chi connectivity index (χ1v) is 13.9. The molecule has 0 aliphatic rings. The van der Waals surface area contributed by atoms with Gasteiger partial charge in [0.1, 0.15) is 0 Å². The number of hydrogen-bond donors (Lipinski definition) is 0. The summed E-state index contributed by atoms with van der Waals surface area (Å²) < 4.78 is 6.59. The highest BCUT2D eigenvalue weighted by atomic mass is 16.1. The maximum absolute atomic E-state index is 15.0. The van der Waals surface area contributed by atoms with Crippen LogP contribution in [-0.4, -0.2) is 13.4 Å². The number of pyridine rings is 1. The van der Waals surface area contributed by atoms with Gasteiger partial charge in [0.2, 0.25) is 0 Å². The van der Waals surface area contributed by atoms with Crippen molar-refractivity contribution in [2.75, 3.05) is 0 Å². The molecule has 0 bridgehead atoms. The number of hydrogen-bond acceptors (Lipinski definition) is 1. The van der Waals surface area contributed by atoms with Gasteiger partial charge in [0, 0.05) is 32.6 Å². The molecule has 0 aliphatic heterocycles. The van der Waals surface area contributed by atoms with Gasteiger partial charge in [0.05, 0.1) is 44.0 Å². The van der Waals surface area contributed by atoms with Crippen LogP contribution >= 0.6 is 0 Å². The maximum atomic E-state index is 15.0. The van der Waals surface area contributed by atoms with Gasteiger partial charge < -0.3 is 8.97 Å². The van der Waals surface area contributed by atoms with Gasteiger partial charge in [-0.3, -0.25) is 9.20 Å². The van der Waals surface area contributed by atoms with Crippen molar-refractivity contribution in [3.8, 4) is 5.69 Å². The van der Waals surface area contributed by atoms with E-state index in [0.29, 0.717) is 0 Å². The van der Waals surface area contributed by atoms with E-state index in [1.165, 1.54) is 5.39 Å². The van der Waals surface area contributed by atoms with E-state index in [4.69, 9.17) is 0 Å². The Balaban J connectivity index is 1.54. The van der Waals surface area contributed by atoms with E-state index in [-0.39, 0.29) is 5.56 Å². The molecule has 0 N–H and O–H groups in total. The highest BCUT2D eigenvalue weighted by Gasteiger charge is 2.23. The van der Waals surface area contributed by atoms with E-state index in [2.05, 4.69) is 124 Å².